The van der Waals surface area contributed by atoms with Gasteiger partial charge in [-0.05, 0) is 49.7 Å². The highest BCUT2D eigenvalue weighted by molar-refractivity contribution is 6.32. The number of nitrogens with zero attached hydrogens (tertiary/aromatic N) is 4. The van der Waals surface area contributed by atoms with Crippen LogP contribution in [0.3, 0.4) is 0 Å². The highest BCUT2D eigenvalue weighted by Crippen LogP contribution is 2.36. The minimum Gasteiger partial charge on any atom is -0.453 e. The molecule has 2 aromatic carbocycles. The lowest BCUT2D eigenvalue weighted by molar-refractivity contribution is 0.437. The summed E-state index contributed by atoms with van der Waals surface area (Å²) >= 11 is 12.2. The maximum Gasteiger partial charge on any atom is 0.249 e. The topological polar surface area (TPSA) is 84.8 Å². The van der Waals surface area contributed by atoms with E-state index in [0.717, 1.165) is 16.8 Å². The highest BCUT2D eigenvalue weighted by atomic mass is 35.5. The number of nitriles is 1. The molecule has 32 heavy (non-hydrogen) atoms. The largest absolute Gasteiger partial charge is 0.453 e. The molecule has 0 atom stereocenters. The molecule has 9 heteroatoms. The first-order valence-electron chi connectivity index (χ1n) is 9.46. The molecule has 0 N–H and O–H groups in total. The molecule has 0 saturated carbocycles. The van der Waals surface area contributed by atoms with Gasteiger partial charge in [0, 0.05) is 16.8 Å². The second-order valence-corrected chi connectivity index (χ2v) is 7.85. The Balaban J connectivity index is 1.63. The summed E-state index contributed by atoms with van der Waals surface area (Å²) in [6.07, 6.45) is 1.74. The standard InChI is InChI=1S/C23H15Cl2FN4O2/c1-12-5-6-28-13(2)20(12)23-30-29-19(32-23)9-15-3-4-18(25)22(21(15)26)31-17-8-14(11-27)7-16(24)10-17/h3-8,10H,9H2,1-2H3. The van der Waals surface area contributed by atoms with E-state index in [9.17, 15) is 0 Å². The molecule has 0 aliphatic rings. The van der Waals surface area contributed by atoms with Crippen molar-refractivity contribution in [3.05, 3.63) is 86.7 Å². The highest BCUT2D eigenvalue weighted by Gasteiger charge is 2.19. The Bertz CT molecular complexity index is 1340. The number of aryl methyl sites for hydroxylation is 2. The van der Waals surface area contributed by atoms with Crippen LogP contribution in [0.15, 0.2) is 47.0 Å². The number of rotatable bonds is 5. The van der Waals surface area contributed by atoms with Gasteiger partial charge in [0.25, 0.3) is 0 Å². The van der Waals surface area contributed by atoms with Gasteiger partial charge in [-0.1, -0.05) is 29.3 Å². The van der Waals surface area contributed by atoms with Crippen molar-refractivity contribution in [2.75, 3.05) is 0 Å². The summed E-state index contributed by atoms with van der Waals surface area (Å²) in [5.74, 6) is -0.130. The van der Waals surface area contributed by atoms with Crippen LogP contribution in [0, 0.1) is 31.0 Å². The van der Waals surface area contributed by atoms with Crippen LogP contribution in [-0.2, 0) is 6.42 Å². The molecule has 4 aromatic rings. The van der Waals surface area contributed by atoms with Crippen molar-refractivity contribution < 1.29 is 13.5 Å². The van der Waals surface area contributed by atoms with Gasteiger partial charge in [0.2, 0.25) is 11.8 Å². The average molecular weight is 469 g/mol. The Morgan fingerprint density at radius 2 is 1.94 bits per heavy atom. The van der Waals surface area contributed by atoms with E-state index in [-0.39, 0.29) is 45.0 Å². The molecule has 2 aromatic heterocycles. The summed E-state index contributed by atoms with van der Waals surface area (Å²) in [5.41, 5.74) is 2.98. The van der Waals surface area contributed by atoms with Crippen molar-refractivity contribution in [2.24, 2.45) is 0 Å². The molecule has 0 fully saturated rings. The minimum absolute atomic E-state index is 0.0315. The smallest absolute Gasteiger partial charge is 0.249 e. The first-order chi connectivity index (χ1) is 15.4. The van der Waals surface area contributed by atoms with Crippen LogP contribution in [0.5, 0.6) is 11.5 Å². The summed E-state index contributed by atoms with van der Waals surface area (Å²) < 4.78 is 26.6. The molecule has 0 radical (unpaired) electrons. The molecule has 160 valence electrons. The maximum atomic E-state index is 15.2. The number of halogens is 3. The van der Waals surface area contributed by atoms with Gasteiger partial charge < -0.3 is 9.15 Å². The molecule has 0 bridgehead atoms. The third-order valence-corrected chi connectivity index (χ3v) is 5.24. The average Bonchev–Trinajstić information content (AvgIpc) is 3.20. The molecule has 4 rings (SSSR count). The van der Waals surface area contributed by atoms with Crippen LogP contribution < -0.4 is 4.74 Å². The van der Waals surface area contributed by atoms with Crippen LogP contribution in [0.4, 0.5) is 4.39 Å². The molecular formula is C23H15Cl2FN4O2. The van der Waals surface area contributed by atoms with Crippen molar-refractivity contribution in [3.63, 3.8) is 0 Å². The molecular weight excluding hydrogens is 454 g/mol. The normalized spacial score (nSPS) is 10.8. The number of hydrogen-bond acceptors (Lipinski definition) is 6. The van der Waals surface area contributed by atoms with Crippen LogP contribution in [0.1, 0.15) is 28.3 Å². The van der Waals surface area contributed by atoms with Crippen LogP contribution in [0.25, 0.3) is 11.5 Å². The Labute approximate surface area is 193 Å². The van der Waals surface area contributed by atoms with Gasteiger partial charge in [-0.15, -0.1) is 10.2 Å². The molecule has 0 aliphatic carbocycles. The summed E-state index contributed by atoms with van der Waals surface area (Å²) in [7, 11) is 0. The predicted octanol–water partition coefficient (Wildman–Crippen LogP) is 6.45. The zero-order valence-electron chi connectivity index (χ0n) is 17.0. The summed E-state index contributed by atoms with van der Waals surface area (Å²) in [6.45, 7) is 3.77. The fraction of sp³-hybridized carbons (Fsp3) is 0.130. The van der Waals surface area contributed by atoms with Gasteiger partial charge in [-0.25, -0.2) is 4.39 Å². The monoisotopic (exact) mass is 468 g/mol. The number of aromatic nitrogens is 3. The molecule has 0 saturated heterocycles. The SMILES string of the molecule is Cc1ccnc(C)c1-c1nnc(Cc2ccc(Cl)c(Oc3cc(Cl)cc(C#N)c3)c2F)o1. The lowest BCUT2D eigenvalue weighted by Crippen LogP contribution is -1.98. The van der Waals surface area contributed by atoms with Gasteiger partial charge in [-0.3, -0.25) is 4.98 Å². The zero-order valence-corrected chi connectivity index (χ0v) is 18.5. The third kappa shape index (κ3) is 4.42. The van der Waals surface area contributed by atoms with Crippen LogP contribution in [0.2, 0.25) is 10.0 Å². The Morgan fingerprint density at radius 1 is 1.12 bits per heavy atom. The Kier molecular flexibility index (Phi) is 6.08. The molecule has 0 amide bonds. The quantitative estimate of drug-likeness (QED) is 0.334. The minimum atomic E-state index is -0.676. The van der Waals surface area contributed by atoms with Crippen molar-refractivity contribution >= 4 is 23.2 Å². The molecule has 2 heterocycles. The van der Waals surface area contributed by atoms with Gasteiger partial charge in [-0.2, -0.15) is 5.26 Å². The van der Waals surface area contributed by atoms with E-state index >= 15 is 4.39 Å². The molecule has 0 spiro atoms. The number of pyridine rings is 1. The van der Waals surface area contributed by atoms with E-state index in [2.05, 4.69) is 15.2 Å². The van der Waals surface area contributed by atoms with E-state index in [1.165, 1.54) is 30.3 Å². The van der Waals surface area contributed by atoms with Gasteiger partial charge in [0.1, 0.15) is 5.75 Å². The van der Waals surface area contributed by atoms with E-state index in [1.54, 1.807) is 6.20 Å². The fourth-order valence-corrected chi connectivity index (χ4v) is 3.62. The van der Waals surface area contributed by atoms with Crippen molar-refractivity contribution in [2.45, 2.75) is 20.3 Å². The van der Waals surface area contributed by atoms with Crippen molar-refractivity contribution in [1.82, 2.24) is 15.2 Å². The van der Waals surface area contributed by atoms with Crippen molar-refractivity contribution in [3.8, 4) is 29.0 Å². The van der Waals surface area contributed by atoms with Gasteiger partial charge in [0.05, 0.1) is 34.3 Å². The first kappa shape index (κ1) is 21.8. The van der Waals surface area contributed by atoms with E-state index < -0.39 is 5.82 Å². The third-order valence-electron chi connectivity index (χ3n) is 4.72. The van der Waals surface area contributed by atoms with E-state index in [1.807, 2.05) is 26.0 Å². The number of hydrogen-bond donors (Lipinski definition) is 0. The molecule has 6 nitrogen and oxygen atoms in total. The first-order valence-corrected chi connectivity index (χ1v) is 10.2. The van der Waals surface area contributed by atoms with E-state index in [4.69, 9.17) is 37.6 Å². The summed E-state index contributed by atoms with van der Waals surface area (Å²) in [5, 5.41) is 17.6. The summed E-state index contributed by atoms with van der Waals surface area (Å²) in [4.78, 5) is 4.25. The van der Waals surface area contributed by atoms with Gasteiger partial charge in [0.15, 0.2) is 11.6 Å². The van der Waals surface area contributed by atoms with Crippen LogP contribution in [-0.4, -0.2) is 15.2 Å². The zero-order chi connectivity index (χ0) is 22.8. The maximum absolute atomic E-state index is 15.2. The second-order valence-electron chi connectivity index (χ2n) is 7.01. The molecule has 0 aliphatic heterocycles. The predicted molar refractivity (Wildman–Crippen MR) is 117 cm³/mol. The fourth-order valence-electron chi connectivity index (χ4n) is 3.21. The number of benzene rings is 2. The van der Waals surface area contributed by atoms with Crippen LogP contribution >= 0.6 is 23.2 Å². The second kappa shape index (κ2) is 8.95. The van der Waals surface area contributed by atoms with Gasteiger partial charge >= 0.3 is 0 Å². The summed E-state index contributed by atoms with van der Waals surface area (Å²) in [6, 6.07) is 11.2. The lowest BCUT2D eigenvalue weighted by Gasteiger charge is -2.12. The Morgan fingerprint density at radius 3 is 2.69 bits per heavy atom. The lowest BCUT2D eigenvalue weighted by atomic mass is 10.1. The molecule has 0 unspecified atom stereocenters. The van der Waals surface area contributed by atoms with E-state index in [0.29, 0.717) is 5.89 Å². The number of ether oxygens (including phenoxy) is 1. The van der Waals surface area contributed by atoms with Crippen molar-refractivity contribution in [1.29, 1.82) is 5.26 Å². The Hall–Kier alpha value is -3.47.